The number of amides is 1. The Balaban J connectivity index is 1.54. The van der Waals surface area contributed by atoms with Gasteiger partial charge in [0.25, 0.3) is 0 Å². The Morgan fingerprint density at radius 1 is 1.45 bits per heavy atom. The van der Waals surface area contributed by atoms with Gasteiger partial charge in [0, 0.05) is 17.7 Å². The quantitative estimate of drug-likeness (QED) is 0.895. The molecule has 1 aliphatic heterocycles. The Kier molecular flexibility index (Phi) is 3.96. The van der Waals surface area contributed by atoms with Crippen LogP contribution in [0.1, 0.15) is 36.5 Å². The molecule has 0 aromatic heterocycles. The molecule has 0 spiro atoms. The topological polar surface area (TPSA) is 58.6 Å². The first-order chi connectivity index (χ1) is 9.65. The van der Waals surface area contributed by atoms with E-state index >= 15 is 0 Å². The Hall–Kier alpha value is -1.10. The van der Waals surface area contributed by atoms with E-state index in [1.807, 2.05) is 18.2 Å². The first kappa shape index (κ1) is 13.9. The van der Waals surface area contributed by atoms with Gasteiger partial charge in [0.05, 0.1) is 19.1 Å². The number of nitrogens with one attached hydrogen (secondary N) is 1. The summed E-state index contributed by atoms with van der Waals surface area (Å²) in [5, 5.41) is 12.6. The molecular formula is C15H18ClNO3. The Morgan fingerprint density at radius 3 is 3.00 bits per heavy atom. The molecule has 1 aliphatic carbocycles. The lowest BCUT2D eigenvalue weighted by Gasteiger charge is -2.34. The van der Waals surface area contributed by atoms with Gasteiger partial charge in [0.15, 0.2) is 0 Å². The van der Waals surface area contributed by atoms with Crippen molar-refractivity contribution in [2.75, 3.05) is 6.61 Å². The summed E-state index contributed by atoms with van der Waals surface area (Å²) in [7, 11) is 0. The first-order valence-corrected chi connectivity index (χ1v) is 7.33. The lowest BCUT2D eigenvalue weighted by Crippen LogP contribution is -2.45. The highest BCUT2D eigenvalue weighted by Gasteiger charge is 2.31. The van der Waals surface area contributed by atoms with E-state index in [1.165, 1.54) is 0 Å². The number of halogens is 1. The second-order valence-corrected chi connectivity index (χ2v) is 6.07. The van der Waals surface area contributed by atoms with E-state index in [0.717, 1.165) is 24.0 Å². The van der Waals surface area contributed by atoms with Gasteiger partial charge in [-0.1, -0.05) is 17.7 Å². The molecule has 0 saturated heterocycles. The molecule has 3 rings (SSSR count). The summed E-state index contributed by atoms with van der Waals surface area (Å²) in [6.45, 7) is 0.732. The number of rotatable bonds is 4. The zero-order valence-electron chi connectivity index (χ0n) is 11.1. The van der Waals surface area contributed by atoms with Crippen LogP contribution < -0.4 is 5.32 Å². The molecule has 108 valence electrons. The van der Waals surface area contributed by atoms with Gasteiger partial charge in [0.1, 0.15) is 0 Å². The van der Waals surface area contributed by atoms with Crippen molar-refractivity contribution >= 4 is 17.5 Å². The fourth-order valence-corrected chi connectivity index (χ4v) is 3.11. The number of fused-ring (bicyclic) bond motifs is 1. The zero-order chi connectivity index (χ0) is 14.1. The smallest absolute Gasteiger partial charge is 0.223 e. The van der Waals surface area contributed by atoms with Crippen LogP contribution in [-0.4, -0.2) is 23.7 Å². The molecule has 4 nitrogen and oxygen atoms in total. The predicted octanol–water partition coefficient (Wildman–Crippen LogP) is 2.19. The molecule has 20 heavy (non-hydrogen) atoms. The molecule has 2 aliphatic rings. The highest BCUT2D eigenvalue weighted by Crippen LogP contribution is 2.35. The van der Waals surface area contributed by atoms with E-state index in [2.05, 4.69) is 5.32 Å². The van der Waals surface area contributed by atoms with Crippen LogP contribution in [0.4, 0.5) is 0 Å². The third-order valence-corrected chi connectivity index (χ3v) is 4.36. The summed E-state index contributed by atoms with van der Waals surface area (Å²) >= 11 is 5.94. The second-order valence-electron chi connectivity index (χ2n) is 5.63. The fraction of sp³-hybridized carbons (Fsp3) is 0.533. The maximum Gasteiger partial charge on any atom is 0.223 e. The van der Waals surface area contributed by atoms with Gasteiger partial charge in [-0.3, -0.25) is 4.79 Å². The molecule has 1 saturated carbocycles. The van der Waals surface area contributed by atoms with Crippen LogP contribution in [0.3, 0.4) is 0 Å². The molecule has 1 atom stereocenters. The van der Waals surface area contributed by atoms with Crippen molar-refractivity contribution in [3.05, 3.63) is 34.3 Å². The minimum absolute atomic E-state index is 0.0131. The van der Waals surface area contributed by atoms with Crippen LogP contribution in [0.2, 0.25) is 5.02 Å². The fourth-order valence-electron chi connectivity index (χ4n) is 2.92. The number of carbonyl (C=O) groups is 1. The van der Waals surface area contributed by atoms with Crippen molar-refractivity contribution in [1.82, 2.24) is 5.32 Å². The van der Waals surface area contributed by atoms with Crippen molar-refractivity contribution in [3.8, 4) is 0 Å². The third-order valence-electron chi connectivity index (χ3n) is 4.12. The number of hydrogen-bond acceptors (Lipinski definition) is 3. The zero-order valence-corrected chi connectivity index (χ0v) is 11.9. The van der Waals surface area contributed by atoms with Crippen LogP contribution in [-0.2, 0) is 16.1 Å². The number of carbonyl (C=O) groups excluding carboxylic acids is 1. The Morgan fingerprint density at radius 2 is 2.25 bits per heavy atom. The summed E-state index contributed by atoms with van der Waals surface area (Å²) in [5.74, 6) is 0.366. The molecule has 0 bridgehead atoms. The van der Waals surface area contributed by atoms with E-state index in [4.69, 9.17) is 21.4 Å². The van der Waals surface area contributed by atoms with E-state index in [0.29, 0.717) is 24.0 Å². The number of ether oxygens (including phenoxy) is 1. The third kappa shape index (κ3) is 2.82. The highest BCUT2D eigenvalue weighted by atomic mass is 35.5. The van der Waals surface area contributed by atoms with Crippen LogP contribution in [0.5, 0.6) is 0 Å². The van der Waals surface area contributed by atoms with Crippen molar-refractivity contribution < 1.29 is 14.6 Å². The molecule has 0 radical (unpaired) electrons. The monoisotopic (exact) mass is 295 g/mol. The van der Waals surface area contributed by atoms with Gasteiger partial charge in [-0.25, -0.2) is 0 Å². The number of hydrogen-bond donors (Lipinski definition) is 2. The van der Waals surface area contributed by atoms with Crippen molar-refractivity contribution in [2.45, 2.75) is 38.0 Å². The number of aliphatic hydroxyl groups is 1. The summed E-state index contributed by atoms with van der Waals surface area (Å²) < 4.78 is 5.67. The SMILES string of the molecule is O=C(CC1OCc2cc(Cl)ccc21)NC1CC(CO)C1. The second kappa shape index (κ2) is 5.72. The normalized spacial score (nSPS) is 27.8. The Labute approximate surface area is 123 Å². The van der Waals surface area contributed by atoms with E-state index < -0.39 is 0 Å². The molecule has 1 aromatic rings. The van der Waals surface area contributed by atoms with E-state index in [1.54, 1.807) is 0 Å². The summed E-state index contributed by atoms with van der Waals surface area (Å²) in [5.41, 5.74) is 2.13. The number of aliphatic hydroxyl groups excluding tert-OH is 1. The van der Waals surface area contributed by atoms with Gasteiger partial charge in [-0.05, 0) is 42.0 Å². The first-order valence-electron chi connectivity index (χ1n) is 6.96. The average Bonchev–Trinajstić information content (AvgIpc) is 2.75. The maximum absolute atomic E-state index is 12.0. The maximum atomic E-state index is 12.0. The van der Waals surface area contributed by atoms with E-state index in [-0.39, 0.29) is 24.7 Å². The van der Waals surface area contributed by atoms with Gasteiger partial charge in [-0.15, -0.1) is 0 Å². The largest absolute Gasteiger partial charge is 0.396 e. The lowest BCUT2D eigenvalue weighted by atomic mass is 9.81. The molecule has 1 heterocycles. The highest BCUT2D eigenvalue weighted by molar-refractivity contribution is 6.30. The average molecular weight is 296 g/mol. The molecular weight excluding hydrogens is 278 g/mol. The van der Waals surface area contributed by atoms with Gasteiger partial charge >= 0.3 is 0 Å². The van der Waals surface area contributed by atoms with E-state index in [9.17, 15) is 4.79 Å². The minimum atomic E-state index is -0.170. The summed E-state index contributed by atoms with van der Waals surface area (Å²) in [6.07, 6.45) is 1.92. The molecule has 1 amide bonds. The van der Waals surface area contributed by atoms with Gasteiger partial charge in [0.2, 0.25) is 5.91 Å². The molecule has 1 aromatic carbocycles. The predicted molar refractivity (Wildman–Crippen MR) is 75.3 cm³/mol. The molecule has 2 N–H and O–H groups in total. The summed E-state index contributed by atoms with van der Waals surface area (Å²) in [4.78, 5) is 12.0. The Bertz CT molecular complexity index is 514. The standard InChI is InChI=1S/C15H18ClNO3/c16-11-1-2-13-10(5-11)8-20-14(13)6-15(19)17-12-3-9(4-12)7-18/h1-2,5,9,12,14,18H,3-4,6-8H2,(H,17,19). The van der Waals surface area contributed by atoms with Crippen LogP contribution in [0.15, 0.2) is 18.2 Å². The van der Waals surface area contributed by atoms with Crippen LogP contribution >= 0.6 is 11.6 Å². The van der Waals surface area contributed by atoms with Crippen LogP contribution in [0.25, 0.3) is 0 Å². The van der Waals surface area contributed by atoms with Crippen molar-refractivity contribution in [3.63, 3.8) is 0 Å². The molecule has 5 heteroatoms. The van der Waals surface area contributed by atoms with Gasteiger partial charge in [-0.2, -0.15) is 0 Å². The van der Waals surface area contributed by atoms with Crippen molar-refractivity contribution in [2.24, 2.45) is 5.92 Å². The van der Waals surface area contributed by atoms with Crippen LogP contribution in [0, 0.1) is 5.92 Å². The van der Waals surface area contributed by atoms with Gasteiger partial charge < -0.3 is 15.2 Å². The molecule has 1 fully saturated rings. The van der Waals surface area contributed by atoms with Crippen molar-refractivity contribution in [1.29, 1.82) is 0 Å². The lowest BCUT2D eigenvalue weighted by molar-refractivity contribution is -0.125. The minimum Gasteiger partial charge on any atom is -0.396 e. The number of benzene rings is 1. The molecule has 1 unspecified atom stereocenters. The summed E-state index contributed by atoms with van der Waals surface area (Å²) in [6, 6.07) is 5.88.